The van der Waals surface area contributed by atoms with Crippen LogP contribution in [0.2, 0.25) is 0 Å². The molecule has 1 unspecified atom stereocenters. The van der Waals surface area contributed by atoms with E-state index in [4.69, 9.17) is 9.47 Å². The number of alkyl halides is 3. The van der Waals surface area contributed by atoms with Crippen LogP contribution in [0.3, 0.4) is 0 Å². The van der Waals surface area contributed by atoms with Gasteiger partial charge >= 0.3 is 6.18 Å². The van der Waals surface area contributed by atoms with Crippen LogP contribution in [0.15, 0.2) is 42.5 Å². The Labute approximate surface area is 164 Å². The molecular formula is C20H17F3N2O4. The van der Waals surface area contributed by atoms with Crippen LogP contribution < -0.4 is 14.4 Å². The smallest absolute Gasteiger partial charge is 0.416 e. The molecule has 2 amide bonds. The molecule has 1 fully saturated rings. The van der Waals surface area contributed by atoms with E-state index in [1.54, 1.807) is 30.0 Å². The van der Waals surface area contributed by atoms with Crippen LogP contribution in [0.1, 0.15) is 22.8 Å². The highest BCUT2D eigenvalue weighted by Crippen LogP contribution is 2.36. The van der Waals surface area contributed by atoms with Crippen molar-refractivity contribution >= 4 is 17.5 Å². The van der Waals surface area contributed by atoms with Gasteiger partial charge in [-0.25, -0.2) is 0 Å². The van der Waals surface area contributed by atoms with Gasteiger partial charge in [0.15, 0.2) is 11.5 Å². The molecule has 0 spiro atoms. The van der Waals surface area contributed by atoms with Gasteiger partial charge in [0, 0.05) is 30.4 Å². The molecule has 6 nitrogen and oxygen atoms in total. The van der Waals surface area contributed by atoms with Crippen LogP contribution in [0.4, 0.5) is 18.9 Å². The maximum Gasteiger partial charge on any atom is 0.416 e. The van der Waals surface area contributed by atoms with Crippen molar-refractivity contribution in [1.82, 2.24) is 4.90 Å². The van der Waals surface area contributed by atoms with Gasteiger partial charge in [-0.05, 0) is 43.3 Å². The van der Waals surface area contributed by atoms with Crippen LogP contribution in [0.25, 0.3) is 0 Å². The summed E-state index contributed by atoms with van der Waals surface area (Å²) in [5.74, 6) is 0.386. The molecule has 152 valence electrons. The number of carbonyl (C=O) groups is 2. The first-order valence-corrected chi connectivity index (χ1v) is 8.95. The van der Waals surface area contributed by atoms with Gasteiger partial charge in [-0.1, -0.05) is 0 Å². The van der Waals surface area contributed by atoms with Gasteiger partial charge in [0.05, 0.1) is 5.56 Å². The molecule has 0 aliphatic carbocycles. The van der Waals surface area contributed by atoms with Gasteiger partial charge in [0.2, 0.25) is 12.7 Å². The van der Waals surface area contributed by atoms with Crippen molar-refractivity contribution in [1.29, 1.82) is 0 Å². The maximum atomic E-state index is 12.9. The molecule has 0 saturated carbocycles. The molecule has 2 heterocycles. The van der Waals surface area contributed by atoms with E-state index in [-0.39, 0.29) is 31.4 Å². The first-order valence-electron chi connectivity index (χ1n) is 8.95. The quantitative estimate of drug-likeness (QED) is 0.768. The predicted molar refractivity (Wildman–Crippen MR) is 96.9 cm³/mol. The Morgan fingerprint density at radius 3 is 2.41 bits per heavy atom. The molecule has 2 aliphatic rings. The standard InChI is InChI=1S/C20H17F3N2O4/c1-12-18(26)25(15-6-7-16-17(10-15)29-11-28-16)9-8-24(12)19(27)13-2-4-14(5-3-13)20(21,22)23/h2-7,10,12H,8-9,11H2,1H3. The highest BCUT2D eigenvalue weighted by Gasteiger charge is 2.36. The minimum atomic E-state index is -4.47. The molecule has 1 atom stereocenters. The Morgan fingerprint density at radius 2 is 1.72 bits per heavy atom. The Morgan fingerprint density at radius 1 is 1.03 bits per heavy atom. The van der Waals surface area contributed by atoms with E-state index in [0.717, 1.165) is 24.3 Å². The Kier molecular flexibility index (Phi) is 4.60. The van der Waals surface area contributed by atoms with Crippen LogP contribution >= 0.6 is 0 Å². The van der Waals surface area contributed by atoms with Gasteiger partial charge in [-0.3, -0.25) is 9.59 Å². The van der Waals surface area contributed by atoms with Crippen LogP contribution in [-0.2, 0) is 11.0 Å². The van der Waals surface area contributed by atoms with Gasteiger partial charge in [-0.2, -0.15) is 13.2 Å². The lowest BCUT2D eigenvalue weighted by Crippen LogP contribution is -2.57. The number of rotatable bonds is 2. The van der Waals surface area contributed by atoms with Crippen molar-refractivity contribution < 1.29 is 32.2 Å². The van der Waals surface area contributed by atoms with Crippen molar-refractivity contribution in [3.63, 3.8) is 0 Å². The number of ether oxygens (including phenoxy) is 2. The molecule has 0 aromatic heterocycles. The Bertz CT molecular complexity index is 959. The zero-order chi connectivity index (χ0) is 20.8. The zero-order valence-corrected chi connectivity index (χ0v) is 15.4. The third kappa shape index (κ3) is 3.48. The normalized spacial score (nSPS) is 18.9. The average Bonchev–Trinajstić information content (AvgIpc) is 3.17. The summed E-state index contributed by atoms with van der Waals surface area (Å²) >= 11 is 0. The number of halogens is 3. The lowest BCUT2D eigenvalue weighted by Gasteiger charge is -2.39. The largest absolute Gasteiger partial charge is 0.454 e. The van der Waals surface area contributed by atoms with Crippen molar-refractivity contribution in [2.24, 2.45) is 0 Å². The number of hydrogen-bond donors (Lipinski definition) is 0. The first kappa shape index (κ1) is 19.1. The summed E-state index contributed by atoms with van der Waals surface area (Å²) in [6, 6.07) is 8.40. The molecule has 0 radical (unpaired) electrons. The third-order valence-electron chi connectivity index (χ3n) is 5.04. The summed E-state index contributed by atoms with van der Waals surface area (Å²) in [6.07, 6.45) is -4.47. The molecular weight excluding hydrogens is 389 g/mol. The minimum absolute atomic E-state index is 0.106. The molecule has 2 aromatic rings. The molecule has 0 N–H and O–H groups in total. The molecule has 29 heavy (non-hydrogen) atoms. The highest BCUT2D eigenvalue weighted by molar-refractivity contribution is 6.03. The summed E-state index contributed by atoms with van der Waals surface area (Å²) in [4.78, 5) is 28.5. The van der Waals surface area contributed by atoms with Crippen molar-refractivity contribution in [2.75, 3.05) is 24.8 Å². The van der Waals surface area contributed by atoms with Crippen LogP contribution in [-0.4, -0.2) is 42.6 Å². The lowest BCUT2D eigenvalue weighted by molar-refractivity contribution is -0.137. The van der Waals surface area contributed by atoms with E-state index in [9.17, 15) is 22.8 Å². The van der Waals surface area contributed by atoms with E-state index >= 15 is 0 Å². The second kappa shape index (κ2) is 6.98. The number of hydrogen-bond acceptors (Lipinski definition) is 4. The number of fused-ring (bicyclic) bond motifs is 1. The second-order valence-corrected chi connectivity index (χ2v) is 6.78. The van der Waals surface area contributed by atoms with E-state index in [1.807, 2.05) is 0 Å². The molecule has 9 heteroatoms. The van der Waals surface area contributed by atoms with Crippen LogP contribution in [0.5, 0.6) is 11.5 Å². The second-order valence-electron chi connectivity index (χ2n) is 6.78. The first-order chi connectivity index (χ1) is 13.8. The molecule has 2 aliphatic heterocycles. The van der Waals surface area contributed by atoms with E-state index in [0.29, 0.717) is 17.2 Å². The number of benzene rings is 2. The van der Waals surface area contributed by atoms with Gasteiger partial charge in [-0.15, -0.1) is 0 Å². The average molecular weight is 406 g/mol. The van der Waals surface area contributed by atoms with E-state index in [1.165, 1.54) is 4.90 Å². The third-order valence-corrected chi connectivity index (χ3v) is 5.04. The topological polar surface area (TPSA) is 59.1 Å². The highest BCUT2D eigenvalue weighted by atomic mass is 19.4. The fourth-order valence-corrected chi connectivity index (χ4v) is 3.42. The molecule has 1 saturated heterocycles. The minimum Gasteiger partial charge on any atom is -0.454 e. The maximum absolute atomic E-state index is 12.9. The lowest BCUT2D eigenvalue weighted by atomic mass is 10.1. The SMILES string of the molecule is CC1C(=O)N(c2ccc3c(c2)OCO3)CCN1C(=O)c1ccc(C(F)(F)F)cc1. The predicted octanol–water partition coefficient (Wildman–Crippen LogP) is 3.31. The number of carbonyl (C=O) groups excluding carboxylic acids is 2. The summed E-state index contributed by atoms with van der Waals surface area (Å²) in [6.45, 7) is 2.23. The number of anilines is 1. The summed E-state index contributed by atoms with van der Waals surface area (Å²) in [5.41, 5.74) is -0.0901. The van der Waals surface area contributed by atoms with Crippen LogP contribution in [0, 0.1) is 0 Å². The summed E-state index contributed by atoms with van der Waals surface area (Å²) < 4.78 is 48.7. The van der Waals surface area contributed by atoms with Crippen molar-refractivity contribution in [3.8, 4) is 11.5 Å². The van der Waals surface area contributed by atoms with E-state index < -0.39 is 23.7 Å². The fourth-order valence-electron chi connectivity index (χ4n) is 3.42. The van der Waals surface area contributed by atoms with Crippen molar-refractivity contribution in [3.05, 3.63) is 53.6 Å². The number of nitrogens with zero attached hydrogens (tertiary/aromatic N) is 2. The van der Waals surface area contributed by atoms with Gasteiger partial charge in [0.25, 0.3) is 5.91 Å². The van der Waals surface area contributed by atoms with Crippen molar-refractivity contribution in [2.45, 2.75) is 19.1 Å². The van der Waals surface area contributed by atoms with E-state index in [2.05, 4.69) is 0 Å². The number of amides is 2. The molecule has 4 rings (SSSR count). The fraction of sp³-hybridized carbons (Fsp3) is 0.300. The number of piperazine rings is 1. The summed E-state index contributed by atoms with van der Waals surface area (Å²) in [7, 11) is 0. The van der Waals surface area contributed by atoms with Gasteiger partial charge < -0.3 is 19.3 Å². The van der Waals surface area contributed by atoms with Gasteiger partial charge in [0.1, 0.15) is 6.04 Å². The zero-order valence-electron chi connectivity index (χ0n) is 15.4. The molecule has 2 aromatic carbocycles. The Balaban J connectivity index is 1.50. The summed E-state index contributed by atoms with van der Waals surface area (Å²) in [5, 5.41) is 0. The monoisotopic (exact) mass is 406 g/mol. The molecule has 0 bridgehead atoms. The Hall–Kier alpha value is -3.23.